The Balaban J connectivity index is 2.59. The maximum absolute atomic E-state index is 13.8. The Hall–Kier alpha value is -1.90. The minimum atomic E-state index is -4.79. The summed E-state index contributed by atoms with van der Waals surface area (Å²) in [4.78, 5) is 12.1. The van der Waals surface area contributed by atoms with Crippen LogP contribution in [0.25, 0.3) is 0 Å². The number of hydrogen-bond donors (Lipinski definition) is 1. The zero-order chi connectivity index (χ0) is 19.2. The number of nitrogens with two attached hydrogens (primary N) is 1. The van der Waals surface area contributed by atoms with Gasteiger partial charge in [-0.25, -0.2) is 13.6 Å². The number of hydrogen-bond acceptors (Lipinski definition) is 4. The molecule has 9 heteroatoms. The molecule has 2 N–H and O–H groups in total. The van der Waals surface area contributed by atoms with E-state index in [-0.39, 0.29) is 12.2 Å². The lowest BCUT2D eigenvalue weighted by atomic mass is 9.77. The van der Waals surface area contributed by atoms with Crippen LogP contribution in [0.4, 0.5) is 27.6 Å². The number of rotatable bonds is 3. The number of benzene rings is 1. The fourth-order valence-electron chi connectivity index (χ4n) is 3.10. The molecule has 1 fully saturated rings. The Morgan fingerprint density at radius 3 is 2.48 bits per heavy atom. The van der Waals surface area contributed by atoms with Gasteiger partial charge in [-0.3, -0.25) is 0 Å². The first-order valence-corrected chi connectivity index (χ1v) is 7.60. The molecule has 140 valence electrons. The topological polar surface area (TPSA) is 61.5 Å². The van der Waals surface area contributed by atoms with Gasteiger partial charge in [-0.05, 0) is 25.5 Å². The van der Waals surface area contributed by atoms with E-state index in [0.717, 1.165) is 19.1 Å². The lowest BCUT2D eigenvalue weighted by Crippen LogP contribution is -2.47. The molecule has 1 aliphatic rings. The third-order valence-electron chi connectivity index (χ3n) is 4.71. The fourth-order valence-corrected chi connectivity index (χ4v) is 3.10. The fraction of sp³-hybridized carbons (Fsp3) is 0.562. The number of halogens is 5. The van der Waals surface area contributed by atoms with Crippen LogP contribution in [0.2, 0.25) is 0 Å². The van der Waals surface area contributed by atoms with Crippen LogP contribution in [-0.2, 0) is 14.3 Å². The Bertz CT molecular complexity index is 678. The summed E-state index contributed by atoms with van der Waals surface area (Å²) < 4.78 is 77.5. The second-order valence-corrected chi connectivity index (χ2v) is 6.07. The Labute approximate surface area is 141 Å². The van der Waals surface area contributed by atoms with Gasteiger partial charge in [-0.15, -0.1) is 0 Å². The van der Waals surface area contributed by atoms with Gasteiger partial charge in [0.15, 0.2) is 23.3 Å². The van der Waals surface area contributed by atoms with Gasteiger partial charge in [0, 0.05) is 11.8 Å². The van der Waals surface area contributed by atoms with E-state index >= 15 is 0 Å². The molecule has 0 bridgehead atoms. The molecule has 1 aromatic carbocycles. The zero-order valence-corrected chi connectivity index (χ0v) is 13.8. The second kappa shape index (κ2) is 6.44. The van der Waals surface area contributed by atoms with Crippen molar-refractivity contribution in [1.82, 2.24) is 0 Å². The summed E-state index contributed by atoms with van der Waals surface area (Å²) in [5.41, 5.74) is 2.10. The van der Waals surface area contributed by atoms with E-state index in [1.165, 1.54) is 13.8 Å². The molecule has 25 heavy (non-hydrogen) atoms. The Kier molecular flexibility index (Phi) is 5.00. The first-order chi connectivity index (χ1) is 11.5. The van der Waals surface area contributed by atoms with Crippen molar-refractivity contribution in [3.63, 3.8) is 0 Å². The predicted molar refractivity (Wildman–Crippen MR) is 78.6 cm³/mol. The average Bonchev–Trinajstić information content (AvgIpc) is 2.79. The third-order valence-corrected chi connectivity index (χ3v) is 4.71. The van der Waals surface area contributed by atoms with E-state index in [1.807, 2.05) is 0 Å². The van der Waals surface area contributed by atoms with Gasteiger partial charge in [0.1, 0.15) is 0 Å². The number of anilines is 1. The van der Waals surface area contributed by atoms with E-state index in [9.17, 15) is 26.7 Å². The largest absolute Gasteiger partial charge is 0.464 e. The molecule has 4 nitrogen and oxygen atoms in total. The highest BCUT2D eigenvalue weighted by Crippen LogP contribution is 2.54. The van der Waals surface area contributed by atoms with Crippen LogP contribution in [0.1, 0.15) is 32.3 Å². The highest BCUT2D eigenvalue weighted by atomic mass is 19.4. The highest BCUT2D eigenvalue weighted by Gasteiger charge is 2.66. The van der Waals surface area contributed by atoms with Crippen LogP contribution in [0.3, 0.4) is 0 Å². The molecule has 1 aliphatic heterocycles. The van der Waals surface area contributed by atoms with Gasteiger partial charge in [0.2, 0.25) is 0 Å². The van der Waals surface area contributed by atoms with E-state index in [4.69, 9.17) is 15.2 Å². The normalized spacial score (nSPS) is 29.7. The van der Waals surface area contributed by atoms with Gasteiger partial charge in [-0.2, -0.15) is 13.2 Å². The first-order valence-electron chi connectivity index (χ1n) is 7.60. The third kappa shape index (κ3) is 3.05. The van der Waals surface area contributed by atoms with Gasteiger partial charge >= 0.3 is 12.1 Å². The quantitative estimate of drug-likeness (QED) is 0.504. The summed E-state index contributed by atoms with van der Waals surface area (Å²) >= 11 is 0. The van der Waals surface area contributed by atoms with Crippen LogP contribution in [-0.4, -0.2) is 30.5 Å². The maximum atomic E-state index is 13.8. The summed E-state index contributed by atoms with van der Waals surface area (Å²) in [6.07, 6.45) is -6.44. The predicted octanol–water partition coefficient (Wildman–Crippen LogP) is 3.55. The number of carbonyl (C=O) groups excluding carboxylic acids is 1. The van der Waals surface area contributed by atoms with Gasteiger partial charge in [0.25, 0.3) is 0 Å². The van der Waals surface area contributed by atoms with Crippen molar-refractivity contribution in [3.05, 3.63) is 29.3 Å². The molecule has 2 rings (SSSR count). The number of esters is 1. The molecular formula is C16H18F5NO3. The average molecular weight is 367 g/mol. The molecule has 1 aromatic rings. The standard InChI is InChI=1S/C16H18F5NO3/c1-4-24-14(23)13-10(7(2)15(3,25-13)16(19,20)21)8-5-6-9(17)11(18)12(8)22/h5-7,10,13H,4,22H2,1-3H3/t7-,10-,13+,15+/m0/s1. The van der Waals surface area contributed by atoms with E-state index in [2.05, 4.69) is 0 Å². The molecule has 1 saturated heterocycles. The van der Waals surface area contributed by atoms with Crippen molar-refractivity contribution in [1.29, 1.82) is 0 Å². The van der Waals surface area contributed by atoms with Crippen molar-refractivity contribution in [2.24, 2.45) is 5.92 Å². The monoisotopic (exact) mass is 367 g/mol. The van der Waals surface area contributed by atoms with E-state index in [0.29, 0.717) is 0 Å². The minimum Gasteiger partial charge on any atom is -0.464 e. The maximum Gasteiger partial charge on any atom is 0.417 e. The molecule has 0 radical (unpaired) electrons. The van der Waals surface area contributed by atoms with Crippen molar-refractivity contribution in [2.45, 2.75) is 44.6 Å². The van der Waals surface area contributed by atoms with E-state index < -0.39 is 53.0 Å². The summed E-state index contributed by atoms with van der Waals surface area (Å²) in [5, 5.41) is 0. The molecule has 0 unspecified atom stereocenters. The SMILES string of the molecule is CCOC(=O)[C@@H]1O[C@@](C)(C(F)(F)F)[C@@H](C)[C@H]1c1ccc(F)c(F)c1N. The number of carbonyl (C=O) groups is 1. The van der Waals surface area contributed by atoms with Crippen LogP contribution in [0, 0.1) is 17.6 Å². The molecule has 4 atom stereocenters. The smallest absolute Gasteiger partial charge is 0.417 e. The minimum absolute atomic E-state index is 0.0736. The van der Waals surface area contributed by atoms with Crippen LogP contribution >= 0.6 is 0 Å². The molecule has 0 aromatic heterocycles. The second-order valence-electron chi connectivity index (χ2n) is 6.07. The molecule has 0 saturated carbocycles. The molecule has 0 amide bonds. The van der Waals surface area contributed by atoms with Crippen molar-refractivity contribution in [2.75, 3.05) is 12.3 Å². The van der Waals surface area contributed by atoms with Crippen LogP contribution in [0.5, 0.6) is 0 Å². The van der Waals surface area contributed by atoms with Crippen LogP contribution < -0.4 is 5.73 Å². The zero-order valence-electron chi connectivity index (χ0n) is 13.8. The molecular weight excluding hydrogens is 349 g/mol. The Morgan fingerprint density at radius 1 is 1.36 bits per heavy atom. The lowest BCUT2D eigenvalue weighted by molar-refractivity contribution is -0.274. The van der Waals surface area contributed by atoms with Gasteiger partial charge in [-0.1, -0.05) is 13.0 Å². The first kappa shape index (κ1) is 19.4. The summed E-state index contributed by atoms with van der Waals surface area (Å²) in [6.45, 7) is 3.44. The number of ether oxygens (including phenoxy) is 2. The number of nitrogen functional groups attached to an aromatic ring is 1. The summed E-state index contributed by atoms with van der Waals surface area (Å²) in [6, 6.07) is 1.81. The molecule has 0 spiro atoms. The van der Waals surface area contributed by atoms with Crippen molar-refractivity contribution >= 4 is 11.7 Å². The van der Waals surface area contributed by atoms with Gasteiger partial charge < -0.3 is 15.2 Å². The summed E-state index contributed by atoms with van der Waals surface area (Å²) in [5.74, 6) is -6.18. The molecule has 0 aliphatic carbocycles. The summed E-state index contributed by atoms with van der Waals surface area (Å²) in [7, 11) is 0. The number of alkyl halides is 3. The molecule has 1 heterocycles. The van der Waals surface area contributed by atoms with E-state index in [1.54, 1.807) is 0 Å². The highest BCUT2D eigenvalue weighted by molar-refractivity contribution is 5.77. The van der Waals surface area contributed by atoms with Crippen LogP contribution in [0.15, 0.2) is 12.1 Å². The van der Waals surface area contributed by atoms with Gasteiger partial charge in [0.05, 0.1) is 12.3 Å². The lowest BCUT2D eigenvalue weighted by Gasteiger charge is -2.31. The van der Waals surface area contributed by atoms with Crippen molar-refractivity contribution < 1.29 is 36.2 Å². The Morgan fingerprint density at radius 2 is 1.96 bits per heavy atom. The van der Waals surface area contributed by atoms with Crippen molar-refractivity contribution in [3.8, 4) is 0 Å².